The van der Waals surface area contributed by atoms with Gasteiger partial charge in [-0.25, -0.2) is 0 Å². The molecular weight excluding hydrogens is 246 g/mol. The van der Waals surface area contributed by atoms with E-state index >= 15 is 0 Å². The van der Waals surface area contributed by atoms with E-state index in [1.165, 1.54) is 4.88 Å². The van der Waals surface area contributed by atoms with E-state index in [0.717, 1.165) is 19.4 Å². The van der Waals surface area contributed by atoms with E-state index in [1.54, 1.807) is 7.11 Å². The van der Waals surface area contributed by atoms with Gasteiger partial charge in [-0.1, -0.05) is 13.0 Å². The standard InChI is InChI=1S/C14H23NO2S/c1-4-10(13-7-6-8-18-13)15-11-9-12(17-5-2)14(11)16-3/h6-8,10-12,14-15H,4-5,9H2,1-3H3. The molecule has 0 aromatic carbocycles. The molecule has 1 aromatic heterocycles. The Morgan fingerprint density at radius 2 is 2.33 bits per heavy atom. The molecule has 1 heterocycles. The minimum absolute atomic E-state index is 0.193. The SMILES string of the molecule is CCOC1CC(NC(CC)c2cccs2)C1OC. The Morgan fingerprint density at radius 3 is 2.89 bits per heavy atom. The summed E-state index contributed by atoms with van der Waals surface area (Å²) in [6, 6.07) is 5.17. The highest BCUT2D eigenvalue weighted by atomic mass is 32.1. The van der Waals surface area contributed by atoms with Gasteiger partial charge in [-0.3, -0.25) is 0 Å². The first-order valence-electron chi connectivity index (χ1n) is 6.74. The second-order valence-electron chi connectivity index (χ2n) is 4.68. The smallest absolute Gasteiger partial charge is 0.0987 e. The third-order valence-electron chi connectivity index (χ3n) is 3.61. The summed E-state index contributed by atoms with van der Waals surface area (Å²) in [6.45, 7) is 5.02. The van der Waals surface area contributed by atoms with E-state index in [2.05, 4.69) is 29.8 Å². The number of nitrogens with one attached hydrogen (secondary N) is 1. The molecule has 1 aliphatic carbocycles. The van der Waals surface area contributed by atoms with Crippen LogP contribution in [0.4, 0.5) is 0 Å². The van der Waals surface area contributed by atoms with E-state index in [0.29, 0.717) is 12.1 Å². The third-order valence-corrected chi connectivity index (χ3v) is 4.60. The summed E-state index contributed by atoms with van der Waals surface area (Å²) in [5.74, 6) is 0. The van der Waals surface area contributed by atoms with Crippen molar-refractivity contribution in [2.75, 3.05) is 13.7 Å². The monoisotopic (exact) mass is 269 g/mol. The highest BCUT2D eigenvalue weighted by Gasteiger charge is 2.42. The molecule has 1 N–H and O–H groups in total. The van der Waals surface area contributed by atoms with E-state index in [-0.39, 0.29) is 12.2 Å². The van der Waals surface area contributed by atoms with Crippen LogP contribution in [0.5, 0.6) is 0 Å². The van der Waals surface area contributed by atoms with Crippen LogP contribution in [0.25, 0.3) is 0 Å². The molecule has 102 valence electrons. The summed E-state index contributed by atoms with van der Waals surface area (Å²) in [5, 5.41) is 5.84. The minimum Gasteiger partial charge on any atom is -0.377 e. The number of hydrogen-bond donors (Lipinski definition) is 1. The average Bonchev–Trinajstić information content (AvgIpc) is 2.87. The van der Waals surface area contributed by atoms with Crippen molar-refractivity contribution in [1.29, 1.82) is 0 Å². The summed E-state index contributed by atoms with van der Waals surface area (Å²) in [7, 11) is 1.77. The third kappa shape index (κ3) is 2.94. The fourth-order valence-electron chi connectivity index (χ4n) is 2.59. The zero-order valence-electron chi connectivity index (χ0n) is 11.4. The molecule has 0 bridgehead atoms. The Bertz CT molecular complexity index is 342. The quantitative estimate of drug-likeness (QED) is 0.825. The lowest BCUT2D eigenvalue weighted by Crippen LogP contribution is -2.60. The van der Waals surface area contributed by atoms with Gasteiger partial charge in [-0.2, -0.15) is 0 Å². The van der Waals surface area contributed by atoms with Crippen LogP contribution in [-0.2, 0) is 9.47 Å². The van der Waals surface area contributed by atoms with Crippen molar-refractivity contribution >= 4 is 11.3 Å². The Morgan fingerprint density at radius 1 is 1.50 bits per heavy atom. The molecule has 2 rings (SSSR count). The van der Waals surface area contributed by atoms with Crippen molar-refractivity contribution < 1.29 is 9.47 Å². The zero-order chi connectivity index (χ0) is 13.0. The van der Waals surface area contributed by atoms with E-state index in [1.807, 2.05) is 18.3 Å². The lowest BCUT2D eigenvalue weighted by Gasteiger charge is -2.44. The van der Waals surface area contributed by atoms with Gasteiger partial charge in [0.25, 0.3) is 0 Å². The Balaban J connectivity index is 1.89. The van der Waals surface area contributed by atoms with Crippen LogP contribution in [0.1, 0.15) is 37.6 Å². The van der Waals surface area contributed by atoms with Gasteiger partial charge in [0, 0.05) is 30.7 Å². The number of ether oxygens (including phenoxy) is 2. The van der Waals surface area contributed by atoms with Crippen molar-refractivity contribution in [2.45, 2.75) is 51.0 Å². The molecule has 1 saturated carbocycles. The minimum atomic E-state index is 0.193. The maximum absolute atomic E-state index is 5.66. The Labute approximate surface area is 113 Å². The highest BCUT2D eigenvalue weighted by molar-refractivity contribution is 7.10. The number of rotatable bonds is 7. The lowest BCUT2D eigenvalue weighted by molar-refractivity contribution is -0.133. The Hall–Kier alpha value is -0.420. The summed E-state index contributed by atoms with van der Waals surface area (Å²) < 4.78 is 11.2. The largest absolute Gasteiger partial charge is 0.377 e. The van der Waals surface area contributed by atoms with Gasteiger partial charge in [-0.05, 0) is 31.2 Å². The van der Waals surface area contributed by atoms with Gasteiger partial charge in [0.1, 0.15) is 0 Å². The number of hydrogen-bond acceptors (Lipinski definition) is 4. The molecule has 1 fully saturated rings. The maximum atomic E-state index is 5.66. The van der Waals surface area contributed by atoms with Gasteiger partial charge >= 0.3 is 0 Å². The van der Waals surface area contributed by atoms with Gasteiger partial charge in [0.05, 0.1) is 12.2 Å². The molecule has 0 amide bonds. The van der Waals surface area contributed by atoms with Crippen LogP contribution < -0.4 is 5.32 Å². The molecule has 4 unspecified atom stereocenters. The fourth-order valence-corrected chi connectivity index (χ4v) is 3.46. The predicted octanol–water partition coefficient (Wildman–Crippen LogP) is 2.98. The zero-order valence-corrected chi connectivity index (χ0v) is 12.2. The number of thiophene rings is 1. The first-order chi connectivity index (χ1) is 8.80. The topological polar surface area (TPSA) is 30.5 Å². The molecule has 4 heteroatoms. The molecule has 18 heavy (non-hydrogen) atoms. The van der Waals surface area contributed by atoms with Crippen LogP contribution in [0, 0.1) is 0 Å². The molecule has 3 nitrogen and oxygen atoms in total. The first-order valence-corrected chi connectivity index (χ1v) is 7.61. The van der Waals surface area contributed by atoms with E-state index in [9.17, 15) is 0 Å². The van der Waals surface area contributed by atoms with Crippen LogP contribution >= 0.6 is 11.3 Å². The normalized spacial score (nSPS) is 28.9. The lowest BCUT2D eigenvalue weighted by atomic mass is 9.84. The summed E-state index contributed by atoms with van der Waals surface area (Å²) >= 11 is 1.82. The van der Waals surface area contributed by atoms with Crippen LogP contribution in [0.2, 0.25) is 0 Å². The number of methoxy groups -OCH3 is 1. The highest BCUT2D eigenvalue weighted by Crippen LogP contribution is 2.31. The molecule has 4 atom stereocenters. The van der Waals surface area contributed by atoms with Gasteiger partial charge in [0.15, 0.2) is 0 Å². The predicted molar refractivity (Wildman–Crippen MR) is 75.1 cm³/mol. The molecule has 1 aliphatic rings. The second kappa shape index (κ2) is 6.66. The first kappa shape index (κ1) is 14.0. The van der Waals surface area contributed by atoms with Gasteiger partial charge in [-0.15, -0.1) is 11.3 Å². The van der Waals surface area contributed by atoms with Crippen LogP contribution in [0.15, 0.2) is 17.5 Å². The van der Waals surface area contributed by atoms with Crippen molar-refractivity contribution in [1.82, 2.24) is 5.32 Å². The second-order valence-corrected chi connectivity index (χ2v) is 5.66. The summed E-state index contributed by atoms with van der Waals surface area (Å²) in [4.78, 5) is 1.41. The van der Waals surface area contributed by atoms with Crippen molar-refractivity contribution in [2.24, 2.45) is 0 Å². The Kier molecular flexibility index (Phi) is 5.18. The molecule has 0 aliphatic heterocycles. The van der Waals surface area contributed by atoms with Crippen molar-refractivity contribution in [3.05, 3.63) is 22.4 Å². The van der Waals surface area contributed by atoms with E-state index in [4.69, 9.17) is 9.47 Å². The summed E-state index contributed by atoms with van der Waals surface area (Å²) in [5.41, 5.74) is 0. The van der Waals surface area contributed by atoms with Gasteiger partial charge < -0.3 is 14.8 Å². The van der Waals surface area contributed by atoms with Crippen LogP contribution in [0.3, 0.4) is 0 Å². The fraction of sp³-hybridized carbons (Fsp3) is 0.714. The van der Waals surface area contributed by atoms with Crippen molar-refractivity contribution in [3.8, 4) is 0 Å². The van der Waals surface area contributed by atoms with Crippen molar-refractivity contribution in [3.63, 3.8) is 0 Å². The summed E-state index contributed by atoms with van der Waals surface area (Å²) in [6.07, 6.45) is 2.61. The molecule has 0 saturated heterocycles. The average molecular weight is 269 g/mol. The molecule has 1 aromatic rings. The molecular formula is C14H23NO2S. The molecule has 0 spiro atoms. The van der Waals surface area contributed by atoms with E-state index < -0.39 is 0 Å². The van der Waals surface area contributed by atoms with Crippen LogP contribution in [-0.4, -0.2) is 32.0 Å². The van der Waals surface area contributed by atoms with Gasteiger partial charge in [0.2, 0.25) is 0 Å². The molecule has 0 radical (unpaired) electrons. The maximum Gasteiger partial charge on any atom is 0.0987 e.